The molecule has 0 bridgehead atoms. The van der Waals surface area contributed by atoms with Gasteiger partial charge in [-0.05, 0) is 6.42 Å². The Kier molecular flexibility index (Phi) is 8.73. The minimum atomic E-state index is -1.95. The number of aliphatic hydroxyl groups excluding tert-OH is 7. The van der Waals surface area contributed by atoms with Gasteiger partial charge in [0.1, 0.15) is 42.7 Å². The molecule has 1 unspecified atom stereocenters. The Hall–Kier alpha value is -0.690. The monoisotopic (exact) mass is 396 g/mol. The summed E-state index contributed by atoms with van der Waals surface area (Å²) >= 11 is 0. The van der Waals surface area contributed by atoms with Crippen molar-refractivity contribution < 1.29 is 50.0 Å². The molecule has 0 saturated carbocycles. The van der Waals surface area contributed by atoms with Crippen LogP contribution in [-0.4, -0.2) is 103 Å². The maximum atomic E-state index is 12.2. The van der Waals surface area contributed by atoms with Crippen LogP contribution >= 0.6 is 0 Å². The normalized spacial score (nSPS) is 34.0. The van der Waals surface area contributed by atoms with Crippen LogP contribution in [0.3, 0.4) is 0 Å². The van der Waals surface area contributed by atoms with Crippen molar-refractivity contribution in [1.82, 2.24) is 0 Å². The minimum absolute atomic E-state index is 0.270. The molecule has 0 aromatic carbocycles. The average molecular weight is 396 g/mol. The zero-order valence-electron chi connectivity index (χ0n) is 16.0. The number of carbonyl (C=O) groups is 1. The number of rotatable bonds is 8. The van der Waals surface area contributed by atoms with Crippen LogP contribution in [0.5, 0.6) is 0 Å². The van der Waals surface area contributed by atoms with Crippen molar-refractivity contribution in [3.63, 3.8) is 0 Å². The van der Waals surface area contributed by atoms with Crippen molar-refractivity contribution in [2.75, 3.05) is 6.61 Å². The Labute approximate surface area is 158 Å². The molecule has 1 aliphatic rings. The lowest BCUT2D eigenvalue weighted by molar-refractivity contribution is -0.323. The smallest absolute Gasteiger partial charge is 0.187 e. The molecule has 9 atom stereocenters. The number of Topliss-reactive ketones (excluding diaryl/α,β-unsaturated/α-hetero) is 1. The molecule has 0 spiro atoms. The molecule has 1 rings (SSSR count). The van der Waals surface area contributed by atoms with Crippen molar-refractivity contribution in [1.29, 1.82) is 0 Å². The molecule has 0 aromatic rings. The fourth-order valence-corrected chi connectivity index (χ4v) is 2.80. The van der Waals surface area contributed by atoms with Crippen LogP contribution in [0.2, 0.25) is 0 Å². The van der Waals surface area contributed by atoms with Gasteiger partial charge in [0.2, 0.25) is 0 Å². The summed E-state index contributed by atoms with van der Waals surface area (Å²) in [6, 6.07) is 0. The summed E-state index contributed by atoms with van der Waals surface area (Å²) in [6.45, 7) is 5.38. The second kappa shape index (κ2) is 9.68. The van der Waals surface area contributed by atoms with Crippen LogP contribution in [-0.2, 0) is 14.3 Å². The highest BCUT2D eigenvalue weighted by molar-refractivity contribution is 5.88. The molecule has 0 amide bonds. The number of hydrogen-bond donors (Lipinski definition) is 7. The molecule has 0 aromatic heterocycles. The fourth-order valence-electron chi connectivity index (χ4n) is 2.80. The summed E-state index contributed by atoms with van der Waals surface area (Å²) < 4.78 is 10.7. The van der Waals surface area contributed by atoms with E-state index in [-0.39, 0.29) is 6.42 Å². The highest BCUT2D eigenvalue weighted by atomic mass is 16.7. The average Bonchev–Trinajstić information content (AvgIpc) is 2.62. The van der Waals surface area contributed by atoms with Crippen molar-refractivity contribution in [3.8, 4) is 0 Å². The van der Waals surface area contributed by atoms with Gasteiger partial charge in [-0.15, -0.1) is 0 Å². The molecular formula is C17H32O10. The Bertz CT molecular complexity index is 477. The van der Waals surface area contributed by atoms with Gasteiger partial charge in [-0.25, -0.2) is 0 Å². The van der Waals surface area contributed by atoms with Crippen molar-refractivity contribution >= 4 is 5.78 Å². The maximum Gasteiger partial charge on any atom is 0.187 e. The van der Waals surface area contributed by atoms with Crippen LogP contribution in [0, 0.1) is 5.41 Å². The van der Waals surface area contributed by atoms with Gasteiger partial charge in [0, 0.05) is 5.41 Å². The first-order valence-electron chi connectivity index (χ1n) is 8.91. The third-order valence-corrected chi connectivity index (χ3v) is 4.60. The lowest BCUT2D eigenvalue weighted by Crippen LogP contribution is -2.61. The summed E-state index contributed by atoms with van der Waals surface area (Å²) in [6.07, 6.45) is -14.2. The molecule has 1 saturated heterocycles. The molecule has 7 N–H and O–H groups in total. The third-order valence-electron chi connectivity index (χ3n) is 4.60. The van der Waals surface area contributed by atoms with E-state index >= 15 is 0 Å². The Morgan fingerprint density at radius 3 is 2.07 bits per heavy atom. The van der Waals surface area contributed by atoms with Crippen molar-refractivity contribution in [2.24, 2.45) is 5.41 Å². The van der Waals surface area contributed by atoms with E-state index in [4.69, 9.17) is 9.47 Å². The van der Waals surface area contributed by atoms with E-state index in [1.807, 2.05) is 0 Å². The van der Waals surface area contributed by atoms with E-state index in [2.05, 4.69) is 0 Å². The lowest BCUT2D eigenvalue weighted by Gasteiger charge is -2.42. The second-order valence-electron chi connectivity index (χ2n) is 7.82. The van der Waals surface area contributed by atoms with Gasteiger partial charge in [-0.2, -0.15) is 0 Å². The molecule has 10 nitrogen and oxygen atoms in total. The summed E-state index contributed by atoms with van der Waals surface area (Å²) in [7, 11) is 0. The first kappa shape index (κ1) is 24.3. The maximum absolute atomic E-state index is 12.2. The third kappa shape index (κ3) is 5.66. The molecule has 0 radical (unpaired) electrons. The molecule has 1 heterocycles. The van der Waals surface area contributed by atoms with Gasteiger partial charge in [-0.3, -0.25) is 4.79 Å². The topological polar surface area (TPSA) is 177 Å². The minimum Gasteiger partial charge on any atom is -0.394 e. The van der Waals surface area contributed by atoms with Gasteiger partial charge in [0.25, 0.3) is 0 Å². The molecular weight excluding hydrogens is 364 g/mol. The van der Waals surface area contributed by atoms with Crippen LogP contribution in [0.15, 0.2) is 0 Å². The highest BCUT2D eigenvalue weighted by Crippen LogP contribution is 2.27. The Morgan fingerprint density at radius 1 is 1.07 bits per heavy atom. The SMILES string of the molecule is CC[C@H]1OC(O[C@@H]([C@H](O)[C@@H](O)C(=O)C(C)(C)C)[C@H](O)CO)[C@H](O)[C@@H](O)[C@H]1O. The molecule has 0 aliphatic carbocycles. The molecule has 27 heavy (non-hydrogen) atoms. The van der Waals surface area contributed by atoms with Crippen LogP contribution in [0.25, 0.3) is 0 Å². The van der Waals surface area contributed by atoms with Gasteiger partial charge in [0.05, 0.1) is 12.7 Å². The first-order valence-corrected chi connectivity index (χ1v) is 8.91. The number of aliphatic hydroxyl groups is 7. The predicted octanol–water partition coefficient (Wildman–Crippen LogP) is -2.72. The quantitative estimate of drug-likeness (QED) is 0.228. The van der Waals surface area contributed by atoms with Crippen LogP contribution < -0.4 is 0 Å². The Morgan fingerprint density at radius 2 is 1.63 bits per heavy atom. The molecule has 10 heteroatoms. The van der Waals surface area contributed by atoms with E-state index in [9.17, 15) is 40.5 Å². The fraction of sp³-hybridized carbons (Fsp3) is 0.941. The molecule has 1 fully saturated rings. The Balaban J connectivity index is 3.02. The predicted molar refractivity (Wildman–Crippen MR) is 91.4 cm³/mol. The summed E-state index contributed by atoms with van der Waals surface area (Å²) in [5.41, 5.74) is -0.996. The zero-order chi connectivity index (χ0) is 21.1. The van der Waals surface area contributed by atoms with Crippen LogP contribution in [0.4, 0.5) is 0 Å². The zero-order valence-corrected chi connectivity index (χ0v) is 16.0. The number of ether oxygens (including phenoxy) is 2. The first-order chi connectivity index (χ1) is 12.4. The van der Waals surface area contributed by atoms with Gasteiger partial charge < -0.3 is 45.2 Å². The van der Waals surface area contributed by atoms with E-state index in [1.165, 1.54) is 20.8 Å². The van der Waals surface area contributed by atoms with Gasteiger partial charge >= 0.3 is 0 Å². The van der Waals surface area contributed by atoms with Gasteiger partial charge in [0.15, 0.2) is 12.1 Å². The van der Waals surface area contributed by atoms with E-state index in [1.54, 1.807) is 6.92 Å². The second-order valence-corrected chi connectivity index (χ2v) is 7.82. The van der Waals surface area contributed by atoms with E-state index in [0.29, 0.717) is 0 Å². The standard InChI is InChI=1S/C17H32O10/c1-5-8-9(20)10(21)13(24)16(26-8)27-14(7(19)6-18)11(22)12(23)15(25)17(2,3)4/h7-14,16,18-24H,5-6H2,1-4H3/t7-,8-,9+,10+,11-,12-,13-,14-,16?/m1/s1. The van der Waals surface area contributed by atoms with E-state index < -0.39 is 72.9 Å². The van der Waals surface area contributed by atoms with Crippen LogP contribution in [0.1, 0.15) is 34.1 Å². The largest absolute Gasteiger partial charge is 0.394 e. The van der Waals surface area contributed by atoms with Crippen molar-refractivity contribution in [2.45, 2.75) is 89.2 Å². The summed E-state index contributed by atoms with van der Waals surface area (Å²) in [4.78, 5) is 12.2. The number of carbonyl (C=O) groups excluding carboxylic acids is 1. The molecule has 1 aliphatic heterocycles. The summed E-state index contributed by atoms with van der Waals surface area (Å²) in [5, 5.41) is 69.6. The van der Waals surface area contributed by atoms with E-state index in [0.717, 1.165) is 0 Å². The van der Waals surface area contributed by atoms with Gasteiger partial charge in [-0.1, -0.05) is 27.7 Å². The van der Waals surface area contributed by atoms with Crippen molar-refractivity contribution in [3.05, 3.63) is 0 Å². The molecule has 160 valence electrons. The lowest BCUT2D eigenvalue weighted by atomic mass is 9.84. The highest BCUT2D eigenvalue weighted by Gasteiger charge is 2.47. The number of hydrogen-bond acceptors (Lipinski definition) is 10. The summed E-state index contributed by atoms with van der Waals surface area (Å²) in [5.74, 6) is -0.722. The number of ketones is 1.